The molecule has 1 N–H and O–H groups in total. The molecule has 0 saturated carbocycles. The van der Waals surface area contributed by atoms with Crippen molar-refractivity contribution in [3.8, 4) is 0 Å². The molecule has 0 aromatic heterocycles. The van der Waals surface area contributed by atoms with Crippen molar-refractivity contribution < 1.29 is 13.3 Å². The Morgan fingerprint density at radius 3 is 2.70 bits per heavy atom. The van der Waals surface area contributed by atoms with Gasteiger partial charge in [-0.3, -0.25) is 10.1 Å². The summed E-state index contributed by atoms with van der Waals surface area (Å²) in [4.78, 5) is 12.4. The predicted molar refractivity (Wildman–Crippen MR) is 75.9 cm³/mol. The molecular weight excluding hydrogens is 282 g/mol. The molecule has 0 radical (unpaired) electrons. The van der Waals surface area contributed by atoms with Crippen molar-refractivity contribution in [3.05, 3.63) is 28.3 Å². The van der Waals surface area contributed by atoms with E-state index in [0.717, 1.165) is 25.8 Å². The van der Waals surface area contributed by atoms with E-state index >= 15 is 0 Å². The molecule has 0 atom stereocenters. The summed E-state index contributed by atoms with van der Waals surface area (Å²) in [6.45, 7) is 2.87. The van der Waals surface area contributed by atoms with Crippen LogP contribution in [0.2, 0.25) is 0 Å². The third-order valence-corrected chi connectivity index (χ3v) is 4.37. The molecule has 1 aromatic carbocycles. The molecule has 8 heteroatoms. The standard InChI is InChI=1S/C12H17N3O4S/c1-20(18,19)11-5-2-4-10(12(11)15(16)17)14-8-3-6-13-7-9-14/h2,4-5,13H,3,6-9H2,1H3. The van der Waals surface area contributed by atoms with Crippen molar-refractivity contribution in [2.24, 2.45) is 0 Å². The van der Waals surface area contributed by atoms with E-state index < -0.39 is 14.8 Å². The monoisotopic (exact) mass is 299 g/mol. The molecule has 0 amide bonds. The Morgan fingerprint density at radius 1 is 1.30 bits per heavy atom. The number of nitrogens with zero attached hydrogens (tertiary/aromatic N) is 2. The summed E-state index contributed by atoms with van der Waals surface area (Å²) >= 11 is 0. The SMILES string of the molecule is CS(=O)(=O)c1cccc(N2CCCNCC2)c1[N+](=O)[O-]. The molecule has 0 bridgehead atoms. The molecule has 110 valence electrons. The molecule has 0 aliphatic carbocycles. The molecule has 1 saturated heterocycles. The number of nitrogens with one attached hydrogen (secondary N) is 1. The molecule has 1 aliphatic heterocycles. The molecule has 7 nitrogen and oxygen atoms in total. The number of hydrogen-bond donors (Lipinski definition) is 1. The normalized spacial score (nSPS) is 16.8. The number of hydrogen-bond acceptors (Lipinski definition) is 6. The maximum atomic E-state index is 11.7. The molecule has 20 heavy (non-hydrogen) atoms. The summed E-state index contributed by atoms with van der Waals surface area (Å²) in [5, 5.41) is 14.5. The number of anilines is 1. The minimum absolute atomic E-state index is 0.225. The number of para-hydroxylation sites is 1. The highest BCUT2D eigenvalue weighted by molar-refractivity contribution is 7.90. The molecule has 0 unspecified atom stereocenters. The topological polar surface area (TPSA) is 92.6 Å². The van der Waals surface area contributed by atoms with E-state index in [9.17, 15) is 18.5 Å². The lowest BCUT2D eigenvalue weighted by molar-refractivity contribution is -0.387. The van der Waals surface area contributed by atoms with Crippen LogP contribution in [0, 0.1) is 10.1 Å². The van der Waals surface area contributed by atoms with E-state index in [2.05, 4.69) is 5.32 Å². The second kappa shape index (κ2) is 5.76. The van der Waals surface area contributed by atoms with E-state index in [-0.39, 0.29) is 10.6 Å². The lowest BCUT2D eigenvalue weighted by Gasteiger charge is -2.22. The molecule has 2 rings (SSSR count). The quantitative estimate of drug-likeness (QED) is 0.655. The van der Waals surface area contributed by atoms with Crippen LogP contribution >= 0.6 is 0 Å². The van der Waals surface area contributed by atoms with Gasteiger partial charge in [-0.2, -0.15) is 0 Å². The summed E-state index contributed by atoms with van der Waals surface area (Å²) in [7, 11) is -3.63. The fourth-order valence-electron chi connectivity index (χ4n) is 2.34. The minimum Gasteiger partial charge on any atom is -0.365 e. The van der Waals surface area contributed by atoms with Gasteiger partial charge in [0.05, 0.1) is 4.92 Å². The van der Waals surface area contributed by atoms with Gasteiger partial charge >= 0.3 is 5.69 Å². The highest BCUT2D eigenvalue weighted by Gasteiger charge is 2.28. The lowest BCUT2D eigenvalue weighted by atomic mass is 10.2. The largest absolute Gasteiger partial charge is 0.365 e. The summed E-state index contributed by atoms with van der Waals surface area (Å²) in [6.07, 6.45) is 1.85. The van der Waals surface area contributed by atoms with E-state index in [0.29, 0.717) is 18.8 Å². The summed E-state index contributed by atoms with van der Waals surface area (Å²) in [5.41, 5.74) is 0.0542. The van der Waals surface area contributed by atoms with E-state index in [1.165, 1.54) is 6.07 Å². The Morgan fingerprint density at radius 2 is 2.05 bits per heavy atom. The Hall–Kier alpha value is -1.67. The molecule has 0 spiro atoms. The van der Waals surface area contributed by atoms with Crippen molar-refractivity contribution in [3.63, 3.8) is 0 Å². The Balaban J connectivity index is 2.55. The highest BCUT2D eigenvalue weighted by Crippen LogP contribution is 2.34. The maximum Gasteiger partial charge on any atom is 0.311 e. The second-order valence-electron chi connectivity index (χ2n) is 4.74. The number of benzene rings is 1. The average Bonchev–Trinajstić information content (AvgIpc) is 2.65. The molecule has 1 aromatic rings. The maximum absolute atomic E-state index is 11.7. The summed E-state index contributed by atoms with van der Waals surface area (Å²) in [6, 6.07) is 4.45. The molecule has 1 aliphatic rings. The van der Waals surface area contributed by atoms with Gasteiger partial charge in [0.15, 0.2) is 9.84 Å². The Bertz CT molecular complexity index is 607. The summed E-state index contributed by atoms with van der Waals surface area (Å²) < 4.78 is 23.5. The summed E-state index contributed by atoms with van der Waals surface area (Å²) in [5.74, 6) is 0. The first kappa shape index (κ1) is 14.7. The van der Waals surface area contributed by atoms with Crippen molar-refractivity contribution >= 4 is 21.2 Å². The first-order valence-corrected chi connectivity index (χ1v) is 8.23. The first-order chi connectivity index (χ1) is 9.41. The van der Waals surface area contributed by atoms with Crippen LogP contribution in [-0.4, -0.2) is 45.8 Å². The third kappa shape index (κ3) is 3.07. The van der Waals surface area contributed by atoms with Gasteiger partial charge in [0.2, 0.25) is 0 Å². The van der Waals surface area contributed by atoms with Gasteiger partial charge in [-0.25, -0.2) is 8.42 Å². The second-order valence-corrected chi connectivity index (χ2v) is 6.73. The minimum atomic E-state index is -3.63. The van der Waals surface area contributed by atoms with Crippen molar-refractivity contribution in [1.29, 1.82) is 0 Å². The number of rotatable bonds is 3. The van der Waals surface area contributed by atoms with E-state index in [1.54, 1.807) is 12.1 Å². The van der Waals surface area contributed by atoms with Crippen LogP contribution in [0.25, 0.3) is 0 Å². The zero-order chi connectivity index (χ0) is 14.8. The Labute approximate surface area is 117 Å². The van der Waals surface area contributed by atoms with Crippen LogP contribution in [0.4, 0.5) is 11.4 Å². The number of nitro benzene ring substituents is 1. The van der Waals surface area contributed by atoms with Crippen LogP contribution in [-0.2, 0) is 9.84 Å². The first-order valence-electron chi connectivity index (χ1n) is 6.34. The van der Waals surface area contributed by atoms with Crippen molar-refractivity contribution in [2.45, 2.75) is 11.3 Å². The van der Waals surface area contributed by atoms with Gasteiger partial charge in [0.25, 0.3) is 0 Å². The van der Waals surface area contributed by atoms with Gasteiger partial charge in [0.1, 0.15) is 10.6 Å². The van der Waals surface area contributed by atoms with Crippen LogP contribution in [0.3, 0.4) is 0 Å². The van der Waals surface area contributed by atoms with Gasteiger partial charge in [-0.1, -0.05) is 6.07 Å². The zero-order valence-electron chi connectivity index (χ0n) is 11.2. The fourth-order valence-corrected chi connectivity index (χ4v) is 3.19. The smallest absolute Gasteiger partial charge is 0.311 e. The van der Waals surface area contributed by atoms with Gasteiger partial charge in [-0.05, 0) is 25.1 Å². The van der Waals surface area contributed by atoms with E-state index in [1.807, 2.05) is 4.90 Å². The predicted octanol–water partition coefficient (Wildman–Crippen LogP) is 0.798. The molecular formula is C12H17N3O4S. The van der Waals surface area contributed by atoms with E-state index in [4.69, 9.17) is 0 Å². The number of nitro groups is 1. The van der Waals surface area contributed by atoms with Crippen LogP contribution < -0.4 is 10.2 Å². The van der Waals surface area contributed by atoms with Crippen molar-refractivity contribution in [2.75, 3.05) is 37.3 Å². The zero-order valence-corrected chi connectivity index (χ0v) is 12.0. The van der Waals surface area contributed by atoms with Crippen molar-refractivity contribution in [1.82, 2.24) is 5.32 Å². The number of sulfone groups is 1. The fraction of sp³-hybridized carbons (Fsp3) is 0.500. The van der Waals surface area contributed by atoms with Gasteiger partial charge in [-0.15, -0.1) is 0 Å². The van der Waals surface area contributed by atoms with Crippen LogP contribution in [0.15, 0.2) is 23.1 Å². The average molecular weight is 299 g/mol. The lowest BCUT2D eigenvalue weighted by Crippen LogP contribution is -2.28. The van der Waals surface area contributed by atoms with Gasteiger partial charge < -0.3 is 10.2 Å². The van der Waals surface area contributed by atoms with Crippen LogP contribution in [0.1, 0.15) is 6.42 Å². The molecule has 1 heterocycles. The molecule has 1 fully saturated rings. The van der Waals surface area contributed by atoms with Crippen LogP contribution in [0.5, 0.6) is 0 Å². The third-order valence-electron chi connectivity index (χ3n) is 3.24. The van der Waals surface area contributed by atoms with Gasteiger partial charge in [0, 0.05) is 25.9 Å². The highest BCUT2D eigenvalue weighted by atomic mass is 32.2. The Kier molecular flexibility index (Phi) is 4.24.